The Hall–Kier alpha value is 0. The molecule has 4 aliphatic rings. The van der Waals surface area contributed by atoms with Crippen molar-refractivity contribution in [3.63, 3.8) is 0 Å². The maximum Gasteiger partial charge on any atom is -0.0329 e. The van der Waals surface area contributed by atoms with Crippen LogP contribution in [0, 0.1) is 136 Å². The van der Waals surface area contributed by atoms with Gasteiger partial charge in [-0.05, 0) is 193 Å². The molecule has 19 atom stereocenters. The van der Waals surface area contributed by atoms with E-state index in [1.165, 1.54) is 109 Å². The molecule has 4 rings (SSSR count). The minimum atomic E-state index is 0.494. The Bertz CT molecular complexity index is 1190. The molecule has 0 heteroatoms. The van der Waals surface area contributed by atoms with Gasteiger partial charge in [0, 0.05) is 0 Å². The molecule has 0 aromatic heterocycles. The number of rotatable bonds is 26. The molecule has 0 aliphatic heterocycles. The molecular formula is C62H118. The van der Waals surface area contributed by atoms with E-state index < -0.39 is 0 Å². The van der Waals surface area contributed by atoms with Crippen LogP contribution in [0.5, 0.6) is 0 Å². The topological polar surface area (TPSA) is 0 Å². The quantitative estimate of drug-likeness (QED) is 0.0760. The van der Waals surface area contributed by atoms with Gasteiger partial charge in [-0.2, -0.15) is 0 Å². The summed E-state index contributed by atoms with van der Waals surface area (Å²) in [6.45, 7) is 46.5. The molecule has 62 heavy (non-hydrogen) atoms. The summed E-state index contributed by atoms with van der Waals surface area (Å²) in [7, 11) is 0. The van der Waals surface area contributed by atoms with Crippen LogP contribution in [-0.2, 0) is 0 Å². The molecule has 0 nitrogen and oxygen atoms in total. The first-order chi connectivity index (χ1) is 29.3. The molecule has 0 amide bonds. The van der Waals surface area contributed by atoms with Crippen molar-refractivity contribution in [2.24, 2.45) is 136 Å². The van der Waals surface area contributed by atoms with E-state index in [1.54, 1.807) is 25.7 Å². The molecule has 0 heterocycles. The zero-order valence-electron chi connectivity index (χ0n) is 46.1. The lowest BCUT2D eigenvalue weighted by atomic mass is 9.52. The van der Waals surface area contributed by atoms with Gasteiger partial charge in [0.15, 0.2) is 0 Å². The van der Waals surface area contributed by atoms with Gasteiger partial charge in [-0.1, -0.05) is 202 Å². The molecule has 0 aromatic carbocycles. The summed E-state index contributed by atoms with van der Waals surface area (Å²) in [6, 6.07) is 0. The van der Waals surface area contributed by atoms with Gasteiger partial charge in [0.25, 0.3) is 0 Å². The zero-order chi connectivity index (χ0) is 46.1. The SMILES string of the molecule is CCC1C(CCC(C)(C)CCC(C)CCC(C)CCCCCC(C)C(C)CC(C)C(C)C2C(C)C(CC)C(CC)C(CC)C2C)CC(C2CCC3C(C(C)C)CC(C)CC32)C1C. The largest absolute Gasteiger partial charge is 0.0651 e. The van der Waals surface area contributed by atoms with Gasteiger partial charge in [0.2, 0.25) is 0 Å². The highest BCUT2D eigenvalue weighted by atomic mass is 14.6. The maximum atomic E-state index is 2.71. The van der Waals surface area contributed by atoms with Gasteiger partial charge in [-0.3, -0.25) is 0 Å². The highest BCUT2D eigenvalue weighted by molar-refractivity contribution is 5.01. The summed E-state index contributed by atoms with van der Waals surface area (Å²) in [5.74, 6) is 20.5. The summed E-state index contributed by atoms with van der Waals surface area (Å²) in [6.07, 6.45) is 30.6. The van der Waals surface area contributed by atoms with Gasteiger partial charge in [-0.15, -0.1) is 0 Å². The Labute approximate surface area is 393 Å². The number of fused-ring (bicyclic) bond motifs is 1. The molecule has 0 saturated heterocycles. The van der Waals surface area contributed by atoms with E-state index in [0.29, 0.717) is 5.41 Å². The zero-order valence-corrected chi connectivity index (χ0v) is 46.1. The van der Waals surface area contributed by atoms with E-state index in [1.807, 2.05) is 0 Å². The maximum absolute atomic E-state index is 2.71. The molecule has 19 unspecified atom stereocenters. The molecule has 0 bridgehead atoms. The molecule has 0 N–H and O–H groups in total. The fourth-order valence-electron chi connectivity index (χ4n) is 17.7. The Morgan fingerprint density at radius 2 is 1.05 bits per heavy atom. The van der Waals surface area contributed by atoms with Crippen molar-refractivity contribution in [1.29, 1.82) is 0 Å². The normalized spacial score (nSPS) is 38.5. The minimum absolute atomic E-state index is 0.494. The summed E-state index contributed by atoms with van der Waals surface area (Å²) >= 11 is 0. The molecule has 0 radical (unpaired) electrons. The first-order valence-corrected chi connectivity index (χ1v) is 29.3. The smallest absolute Gasteiger partial charge is 0.0329 e. The molecule has 366 valence electrons. The van der Waals surface area contributed by atoms with E-state index in [4.69, 9.17) is 0 Å². The fraction of sp³-hybridized carbons (Fsp3) is 1.00. The van der Waals surface area contributed by atoms with Crippen LogP contribution < -0.4 is 0 Å². The van der Waals surface area contributed by atoms with Crippen molar-refractivity contribution >= 4 is 0 Å². The Morgan fingerprint density at radius 3 is 1.63 bits per heavy atom. The second-order valence-corrected chi connectivity index (χ2v) is 26.9. The highest BCUT2D eigenvalue weighted by Crippen LogP contribution is 2.60. The monoisotopic (exact) mass is 863 g/mol. The lowest BCUT2D eigenvalue weighted by Gasteiger charge is -2.53. The average Bonchev–Trinajstić information content (AvgIpc) is 3.79. The standard InChI is InChI=1S/C62H118/c1-19-52-48(14)59(57-31-30-56-58(40(5)6)36-43(9)37-60(56)57)39-51(52)33-35-62(17,18)34-32-42(8)29-28-41(7)26-24-23-25-27-44(10)45(11)38-46(12)47(13)61-49(15)53(20-2)55(22-4)54(21-3)50(61)16/h40-61H,19-39H2,1-18H3. The van der Waals surface area contributed by atoms with Crippen molar-refractivity contribution in [2.75, 3.05) is 0 Å². The Morgan fingerprint density at radius 1 is 0.484 bits per heavy atom. The second kappa shape index (κ2) is 25.4. The lowest BCUT2D eigenvalue weighted by Crippen LogP contribution is -2.47. The van der Waals surface area contributed by atoms with E-state index in [2.05, 4.69) is 125 Å². The van der Waals surface area contributed by atoms with Gasteiger partial charge in [-0.25, -0.2) is 0 Å². The van der Waals surface area contributed by atoms with Crippen molar-refractivity contribution in [3.8, 4) is 0 Å². The Balaban J connectivity index is 1.10. The molecular weight excluding hydrogens is 745 g/mol. The van der Waals surface area contributed by atoms with Gasteiger partial charge in [0.05, 0.1) is 0 Å². The van der Waals surface area contributed by atoms with Crippen LogP contribution in [0.1, 0.15) is 259 Å². The summed E-state index contributed by atoms with van der Waals surface area (Å²) in [5.41, 5.74) is 0.494. The fourth-order valence-corrected chi connectivity index (χ4v) is 17.7. The minimum Gasteiger partial charge on any atom is -0.0651 e. The van der Waals surface area contributed by atoms with E-state index in [9.17, 15) is 0 Å². The van der Waals surface area contributed by atoms with Crippen LogP contribution in [0.4, 0.5) is 0 Å². The van der Waals surface area contributed by atoms with Crippen molar-refractivity contribution in [3.05, 3.63) is 0 Å². The van der Waals surface area contributed by atoms with Crippen LogP contribution in [0.3, 0.4) is 0 Å². The molecule has 4 fully saturated rings. The van der Waals surface area contributed by atoms with Crippen LogP contribution in [0.2, 0.25) is 0 Å². The third kappa shape index (κ3) is 14.0. The number of hydrogen-bond acceptors (Lipinski definition) is 0. The number of unbranched alkanes of at least 4 members (excludes halogenated alkanes) is 2. The third-order valence-corrected chi connectivity index (χ3v) is 22.1. The number of hydrogen-bond donors (Lipinski definition) is 0. The summed E-state index contributed by atoms with van der Waals surface area (Å²) in [4.78, 5) is 0. The molecule has 0 aromatic rings. The van der Waals surface area contributed by atoms with Crippen LogP contribution in [0.15, 0.2) is 0 Å². The highest BCUT2D eigenvalue weighted by Gasteiger charge is 2.52. The predicted octanol–water partition coefficient (Wildman–Crippen LogP) is 20.1. The van der Waals surface area contributed by atoms with Gasteiger partial charge in [0.1, 0.15) is 0 Å². The van der Waals surface area contributed by atoms with E-state index in [-0.39, 0.29) is 0 Å². The summed E-state index contributed by atoms with van der Waals surface area (Å²) < 4.78 is 0. The molecule has 0 spiro atoms. The third-order valence-electron chi connectivity index (χ3n) is 22.1. The van der Waals surface area contributed by atoms with Gasteiger partial charge < -0.3 is 0 Å². The Kier molecular flexibility index (Phi) is 22.4. The van der Waals surface area contributed by atoms with Crippen LogP contribution in [0.25, 0.3) is 0 Å². The van der Waals surface area contributed by atoms with Gasteiger partial charge >= 0.3 is 0 Å². The molecule has 4 aliphatic carbocycles. The average molecular weight is 864 g/mol. The van der Waals surface area contributed by atoms with Crippen LogP contribution >= 0.6 is 0 Å². The molecule has 4 saturated carbocycles. The first kappa shape index (κ1) is 54.6. The van der Waals surface area contributed by atoms with Crippen molar-refractivity contribution in [2.45, 2.75) is 259 Å². The van der Waals surface area contributed by atoms with Crippen molar-refractivity contribution < 1.29 is 0 Å². The summed E-state index contributed by atoms with van der Waals surface area (Å²) in [5, 5.41) is 0. The van der Waals surface area contributed by atoms with Crippen LogP contribution in [-0.4, -0.2) is 0 Å². The lowest BCUT2D eigenvalue weighted by molar-refractivity contribution is -0.0472. The predicted molar refractivity (Wildman–Crippen MR) is 278 cm³/mol. The van der Waals surface area contributed by atoms with E-state index >= 15 is 0 Å². The second-order valence-electron chi connectivity index (χ2n) is 26.9. The van der Waals surface area contributed by atoms with E-state index in [0.717, 1.165) is 130 Å². The first-order valence-electron chi connectivity index (χ1n) is 29.3. The van der Waals surface area contributed by atoms with Crippen molar-refractivity contribution in [1.82, 2.24) is 0 Å².